The summed E-state index contributed by atoms with van der Waals surface area (Å²) >= 11 is 0. The van der Waals surface area contributed by atoms with Crippen LogP contribution in [-0.4, -0.2) is 42.3 Å². The van der Waals surface area contributed by atoms with E-state index in [0.29, 0.717) is 41.6 Å². The number of halogens is 1. The molecule has 0 radical (unpaired) electrons. The third-order valence-corrected chi connectivity index (χ3v) is 5.08. The number of anilines is 1. The summed E-state index contributed by atoms with van der Waals surface area (Å²) in [4.78, 5) is 13.7. The molecule has 0 aliphatic heterocycles. The molecule has 0 spiro atoms. The summed E-state index contributed by atoms with van der Waals surface area (Å²) in [5.41, 5.74) is 3.65. The first-order valence-corrected chi connectivity index (χ1v) is 9.91. The molecule has 0 aliphatic carbocycles. The number of rotatable bonds is 7. The summed E-state index contributed by atoms with van der Waals surface area (Å²) in [6.07, 6.45) is 3.42. The number of pyridine rings is 1. The predicted octanol–water partition coefficient (Wildman–Crippen LogP) is 4.87. The SMILES string of the molecule is COCCNc1nc(-c2cccnc2)nc2c(OC)cc(-c3cccc(F)c3C)cc12. The second-order valence-corrected chi connectivity index (χ2v) is 7.04. The second kappa shape index (κ2) is 9.06. The maximum absolute atomic E-state index is 14.2. The van der Waals surface area contributed by atoms with Gasteiger partial charge in [0, 0.05) is 37.0 Å². The first kappa shape index (κ1) is 20.7. The Morgan fingerprint density at radius 3 is 2.65 bits per heavy atom. The van der Waals surface area contributed by atoms with Gasteiger partial charge in [-0.25, -0.2) is 14.4 Å². The molecule has 7 heteroatoms. The van der Waals surface area contributed by atoms with E-state index in [1.807, 2.05) is 30.3 Å². The van der Waals surface area contributed by atoms with Gasteiger partial charge in [-0.05, 0) is 53.9 Å². The summed E-state index contributed by atoms with van der Waals surface area (Å²) in [6, 6.07) is 12.6. The number of aromatic nitrogens is 3. The predicted molar refractivity (Wildman–Crippen MR) is 120 cm³/mol. The second-order valence-electron chi connectivity index (χ2n) is 7.04. The molecule has 2 aromatic heterocycles. The molecule has 0 saturated carbocycles. The summed E-state index contributed by atoms with van der Waals surface area (Å²) in [6.45, 7) is 2.86. The first-order chi connectivity index (χ1) is 15.1. The lowest BCUT2D eigenvalue weighted by Crippen LogP contribution is -2.10. The highest BCUT2D eigenvalue weighted by Crippen LogP contribution is 2.37. The molecule has 0 fully saturated rings. The largest absolute Gasteiger partial charge is 0.494 e. The van der Waals surface area contributed by atoms with Crippen LogP contribution in [0.5, 0.6) is 5.75 Å². The van der Waals surface area contributed by atoms with Gasteiger partial charge in [0.1, 0.15) is 22.9 Å². The molecule has 1 N–H and O–H groups in total. The van der Waals surface area contributed by atoms with Crippen molar-refractivity contribution in [3.05, 3.63) is 66.2 Å². The minimum atomic E-state index is -0.252. The topological polar surface area (TPSA) is 69.2 Å². The van der Waals surface area contributed by atoms with Crippen LogP contribution in [0, 0.1) is 12.7 Å². The molecule has 2 heterocycles. The Hall–Kier alpha value is -3.58. The lowest BCUT2D eigenvalue weighted by molar-refractivity contribution is 0.210. The number of benzene rings is 2. The zero-order valence-corrected chi connectivity index (χ0v) is 17.6. The molecule has 158 valence electrons. The fraction of sp³-hybridized carbons (Fsp3) is 0.208. The van der Waals surface area contributed by atoms with Gasteiger partial charge in [-0.15, -0.1) is 0 Å². The van der Waals surface area contributed by atoms with Gasteiger partial charge in [0.15, 0.2) is 5.82 Å². The van der Waals surface area contributed by atoms with Gasteiger partial charge in [-0.3, -0.25) is 4.98 Å². The van der Waals surface area contributed by atoms with Crippen molar-refractivity contribution in [3.8, 4) is 28.3 Å². The Balaban J connectivity index is 1.95. The summed E-state index contributed by atoms with van der Waals surface area (Å²) in [5, 5.41) is 4.11. The van der Waals surface area contributed by atoms with Crippen molar-refractivity contribution in [1.82, 2.24) is 15.0 Å². The third kappa shape index (κ3) is 4.18. The van der Waals surface area contributed by atoms with Crippen molar-refractivity contribution in [3.63, 3.8) is 0 Å². The van der Waals surface area contributed by atoms with E-state index >= 15 is 0 Å². The quantitative estimate of drug-likeness (QED) is 0.432. The van der Waals surface area contributed by atoms with Crippen LogP contribution in [0.2, 0.25) is 0 Å². The van der Waals surface area contributed by atoms with Crippen molar-refractivity contribution in [2.24, 2.45) is 0 Å². The van der Waals surface area contributed by atoms with Crippen molar-refractivity contribution >= 4 is 16.7 Å². The number of methoxy groups -OCH3 is 2. The average molecular weight is 418 g/mol. The van der Waals surface area contributed by atoms with Crippen LogP contribution in [-0.2, 0) is 4.74 Å². The van der Waals surface area contributed by atoms with Gasteiger partial charge in [0.2, 0.25) is 0 Å². The van der Waals surface area contributed by atoms with Gasteiger partial charge >= 0.3 is 0 Å². The highest BCUT2D eigenvalue weighted by molar-refractivity contribution is 5.98. The zero-order valence-electron chi connectivity index (χ0n) is 17.6. The Labute approximate surface area is 180 Å². The van der Waals surface area contributed by atoms with E-state index in [1.165, 1.54) is 6.07 Å². The molecule has 0 unspecified atom stereocenters. The van der Waals surface area contributed by atoms with Gasteiger partial charge in [-0.1, -0.05) is 12.1 Å². The van der Waals surface area contributed by atoms with Crippen molar-refractivity contribution < 1.29 is 13.9 Å². The van der Waals surface area contributed by atoms with Crippen LogP contribution in [0.25, 0.3) is 33.4 Å². The number of hydrogen-bond donors (Lipinski definition) is 1. The Morgan fingerprint density at radius 1 is 1.03 bits per heavy atom. The van der Waals surface area contributed by atoms with E-state index < -0.39 is 0 Å². The molecule has 2 aromatic carbocycles. The van der Waals surface area contributed by atoms with Crippen molar-refractivity contribution in [2.75, 3.05) is 32.7 Å². The highest BCUT2D eigenvalue weighted by atomic mass is 19.1. The maximum atomic E-state index is 14.2. The Kier molecular flexibility index (Phi) is 6.04. The van der Waals surface area contributed by atoms with E-state index in [4.69, 9.17) is 19.4 Å². The average Bonchev–Trinajstić information content (AvgIpc) is 2.80. The normalized spacial score (nSPS) is 11.0. The summed E-state index contributed by atoms with van der Waals surface area (Å²) in [5.74, 6) is 1.51. The van der Waals surface area contributed by atoms with Crippen molar-refractivity contribution in [2.45, 2.75) is 6.92 Å². The number of fused-ring (bicyclic) bond motifs is 1. The number of nitrogens with zero attached hydrogens (tertiary/aromatic N) is 3. The minimum absolute atomic E-state index is 0.252. The third-order valence-electron chi connectivity index (χ3n) is 5.08. The van der Waals surface area contributed by atoms with E-state index in [0.717, 1.165) is 22.1 Å². The molecule has 0 aliphatic rings. The summed E-state index contributed by atoms with van der Waals surface area (Å²) in [7, 11) is 3.25. The van der Waals surface area contributed by atoms with Crippen LogP contribution >= 0.6 is 0 Å². The molecule has 0 amide bonds. The number of nitrogens with one attached hydrogen (secondary N) is 1. The van der Waals surface area contributed by atoms with Crippen LogP contribution in [0.15, 0.2) is 54.9 Å². The molecule has 0 saturated heterocycles. The smallest absolute Gasteiger partial charge is 0.163 e. The highest BCUT2D eigenvalue weighted by Gasteiger charge is 2.17. The fourth-order valence-corrected chi connectivity index (χ4v) is 3.46. The lowest BCUT2D eigenvalue weighted by Gasteiger charge is -2.15. The molecule has 0 atom stereocenters. The Morgan fingerprint density at radius 2 is 1.90 bits per heavy atom. The zero-order chi connectivity index (χ0) is 21.8. The van der Waals surface area contributed by atoms with Gasteiger partial charge in [0.05, 0.1) is 13.7 Å². The fourth-order valence-electron chi connectivity index (χ4n) is 3.46. The van der Waals surface area contributed by atoms with E-state index in [-0.39, 0.29) is 5.82 Å². The van der Waals surface area contributed by atoms with Gasteiger partial charge < -0.3 is 14.8 Å². The summed E-state index contributed by atoms with van der Waals surface area (Å²) < 4.78 is 25.1. The van der Waals surface area contributed by atoms with Crippen LogP contribution in [0.4, 0.5) is 10.2 Å². The molecule has 6 nitrogen and oxygen atoms in total. The molecule has 0 bridgehead atoms. The van der Waals surface area contributed by atoms with E-state index in [1.54, 1.807) is 39.6 Å². The van der Waals surface area contributed by atoms with Crippen molar-refractivity contribution in [1.29, 1.82) is 0 Å². The maximum Gasteiger partial charge on any atom is 0.163 e. The number of ether oxygens (including phenoxy) is 2. The molecule has 4 rings (SSSR count). The lowest BCUT2D eigenvalue weighted by atomic mass is 9.98. The molecule has 4 aromatic rings. The number of hydrogen-bond acceptors (Lipinski definition) is 6. The van der Waals surface area contributed by atoms with Crippen LogP contribution < -0.4 is 10.1 Å². The monoisotopic (exact) mass is 418 g/mol. The van der Waals surface area contributed by atoms with Gasteiger partial charge in [0.25, 0.3) is 0 Å². The van der Waals surface area contributed by atoms with E-state index in [9.17, 15) is 4.39 Å². The van der Waals surface area contributed by atoms with Crippen LogP contribution in [0.1, 0.15) is 5.56 Å². The Bertz CT molecular complexity index is 1220. The first-order valence-electron chi connectivity index (χ1n) is 9.91. The minimum Gasteiger partial charge on any atom is -0.494 e. The molecular formula is C24H23FN4O2. The van der Waals surface area contributed by atoms with Crippen LogP contribution in [0.3, 0.4) is 0 Å². The standard InChI is InChI=1S/C24H23FN4O2/c1-15-18(7-4-8-20(15)25)17-12-19-22(21(13-17)31-3)28-23(16-6-5-9-26-14-16)29-24(19)27-10-11-30-2/h4-9,12-14H,10-11H2,1-3H3,(H,27,28,29). The molecular weight excluding hydrogens is 395 g/mol. The van der Waals surface area contributed by atoms with E-state index in [2.05, 4.69) is 10.3 Å². The van der Waals surface area contributed by atoms with Gasteiger partial charge in [-0.2, -0.15) is 0 Å². The molecule has 31 heavy (non-hydrogen) atoms.